The van der Waals surface area contributed by atoms with E-state index in [1.807, 2.05) is 5.38 Å². The van der Waals surface area contributed by atoms with Crippen molar-refractivity contribution in [2.75, 3.05) is 0 Å². The first-order valence-electron chi connectivity index (χ1n) is 6.42. The molecule has 3 aromatic rings. The van der Waals surface area contributed by atoms with E-state index in [1.54, 1.807) is 18.2 Å². The molecule has 0 aliphatic heterocycles. The van der Waals surface area contributed by atoms with E-state index in [1.165, 1.54) is 29.7 Å². The van der Waals surface area contributed by atoms with Crippen LogP contribution in [0.2, 0.25) is 0 Å². The number of aromatic nitrogens is 1. The number of benzene rings is 1. The van der Waals surface area contributed by atoms with Gasteiger partial charge in [-0.1, -0.05) is 0 Å². The van der Waals surface area contributed by atoms with Gasteiger partial charge in [-0.2, -0.15) is 0 Å². The number of amides is 1. The van der Waals surface area contributed by atoms with E-state index in [4.69, 9.17) is 4.42 Å². The molecule has 0 saturated heterocycles. The number of furan rings is 1. The van der Waals surface area contributed by atoms with Crippen molar-refractivity contribution in [2.24, 2.45) is 0 Å². The van der Waals surface area contributed by atoms with Crippen molar-refractivity contribution in [1.82, 2.24) is 10.3 Å². The van der Waals surface area contributed by atoms with Crippen molar-refractivity contribution in [1.29, 1.82) is 0 Å². The summed E-state index contributed by atoms with van der Waals surface area (Å²) < 4.78 is 5.00. The van der Waals surface area contributed by atoms with Crippen LogP contribution in [0.4, 0.5) is 0 Å². The van der Waals surface area contributed by atoms with Crippen LogP contribution in [0.15, 0.2) is 46.4 Å². The Bertz CT molecular complexity index is 796. The Hall–Kier alpha value is -2.80. The molecule has 3 rings (SSSR count). The maximum Gasteiger partial charge on any atom is 0.287 e. The lowest BCUT2D eigenvalue weighted by Crippen LogP contribution is -2.22. The lowest BCUT2D eigenvalue weighted by atomic mass is 10.1. The van der Waals surface area contributed by atoms with E-state index in [0.717, 1.165) is 5.01 Å². The van der Waals surface area contributed by atoms with Gasteiger partial charge in [-0.25, -0.2) is 4.98 Å². The minimum absolute atomic E-state index is 0.176. The monoisotopic (exact) mass is 316 g/mol. The quantitative estimate of drug-likeness (QED) is 0.643. The number of thiazole rings is 1. The number of nitrogens with one attached hydrogen (secondary N) is 1. The van der Waals surface area contributed by atoms with Crippen LogP contribution in [0.3, 0.4) is 0 Å². The molecular formula is C15H12N2O4S. The fraction of sp³-hybridized carbons (Fsp3) is 0.0667. The topological polar surface area (TPSA) is 95.6 Å². The molecule has 1 aromatic carbocycles. The van der Waals surface area contributed by atoms with E-state index < -0.39 is 0 Å². The summed E-state index contributed by atoms with van der Waals surface area (Å²) in [6.07, 6.45) is 1.44. The highest BCUT2D eigenvalue weighted by Gasteiger charge is 2.11. The van der Waals surface area contributed by atoms with Crippen molar-refractivity contribution in [2.45, 2.75) is 6.54 Å². The third-order valence-electron chi connectivity index (χ3n) is 2.97. The van der Waals surface area contributed by atoms with Gasteiger partial charge in [0, 0.05) is 10.9 Å². The SMILES string of the molecule is O=C(NCc1nc(-c2ccc(O)c(O)c2)cs1)c1ccco1. The zero-order valence-electron chi connectivity index (χ0n) is 11.3. The third kappa shape index (κ3) is 2.94. The summed E-state index contributed by atoms with van der Waals surface area (Å²) in [7, 11) is 0. The second-order valence-corrected chi connectivity index (χ2v) is 5.43. The zero-order valence-corrected chi connectivity index (χ0v) is 12.1. The van der Waals surface area contributed by atoms with Gasteiger partial charge in [-0.05, 0) is 30.3 Å². The number of hydrogen-bond donors (Lipinski definition) is 3. The zero-order chi connectivity index (χ0) is 15.5. The van der Waals surface area contributed by atoms with Crippen molar-refractivity contribution in [3.8, 4) is 22.8 Å². The lowest BCUT2D eigenvalue weighted by molar-refractivity contribution is 0.0923. The molecule has 7 heteroatoms. The Morgan fingerprint density at radius 2 is 2.14 bits per heavy atom. The predicted octanol–water partition coefficient (Wildman–Crippen LogP) is 2.74. The molecule has 6 nitrogen and oxygen atoms in total. The van der Waals surface area contributed by atoms with Crippen LogP contribution in [0, 0.1) is 0 Å². The second-order valence-electron chi connectivity index (χ2n) is 4.49. The normalized spacial score (nSPS) is 10.5. The number of rotatable bonds is 4. The second kappa shape index (κ2) is 5.90. The fourth-order valence-corrected chi connectivity index (χ4v) is 2.60. The van der Waals surface area contributed by atoms with E-state index in [-0.39, 0.29) is 29.7 Å². The van der Waals surface area contributed by atoms with Crippen molar-refractivity contribution in [3.05, 3.63) is 52.7 Å². The molecule has 2 aromatic heterocycles. The number of phenolic OH excluding ortho intramolecular Hbond substituents is 2. The van der Waals surface area contributed by atoms with Crippen LogP contribution in [-0.4, -0.2) is 21.1 Å². The summed E-state index contributed by atoms with van der Waals surface area (Å²) in [4.78, 5) is 16.1. The maximum absolute atomic E-state index is 11.7. The summed E-state index contributed by atoms with van der Waals surface area (Å²) in [5, 5.41) is 24.1. The standard InChI is InChI=1S/C15H12N2O4S/c18-11-4-3-9(6-12(11)19)10-8-22-14(17-10)7-16-15(20)13-2-1-5-21-13/h1-6,8,18-19H,7H2,(H,16,20). The molecule has 2 heterocycles. The molecule has 3 N–H and O–H groups in total. The van der Waals surface area contributed by atoms with Crippen LogP contribution in [0.1, 0.15) is 15.6 Å². The third-order valence-corrected chi connectivity index (χ3v) is 3.82. The largest absolute Gasteiger partial charge is 0.504 e. The number of nitrogens with zero attached hydrogens (tertiary/aromatic N) is 1. The van der Waals surface area contributed by atoms with Gasteiger partial charge in [0.15, 0.2) is 17.3 Å². The van der Waals surface area contributed by atoms with Crippen LogP contribution >= 0.6 is 11.3 Å². The summed E-state index contributed by atoms with van der Waals surface area (Å²) in [6, 6.07) is 7.74. The number of hydrogen-bond acceptors (Lipinski definition) is 6. The first-order chi connectivity index (χ1) is 10.6. The van der Waals surface area contributed by atoms with Crippen LogP contribution in [0.5, 0.6) is 11.5 Å². The summed E-state index contributed by atoms with van der Waals surface area (Å²) in [5.41, 5.74) is 1.36. The van der Waals surface area contributed by atoms with Crippen LogP contribution in [-0.2, 0) is 6.54 Å². The number of carbonyl (C=O) groups excluding carboxylic acids is 1. The highest BCUT2D eigenvalue weighted by molar-refractivity contribution is 7.09. The molecule has 0 atom stereocenters. The fourth-order valence-electron chi connectivity index (χ4n) is 1.86. The molecule has 1 amide bonds. The molecule has 112 valence electrons. The van der Waals surface area contributed by atoms with Gasteiger partial charge >= 0.3 is 0 Å². The predicted molar refractivity (Wildman–Crippen MR) is 80.8 cm³/mol. The number of phenols is 2. The van der Waals surface area contributed by atoms with E-state index >= 15 is 0 Å². The van der Waals surface area contributed by atoms with Gasteiger partial charge in [-0.15, -0.1) is 11.3 Å². The van der Waals surface area contributed by atoms with Gasteiger partial charge in [0.05, 0.1) is 18.5 Å². The molecule has 0 radical (unpaired) electrons. The first-order valence-corrected chi connectivity index (χ1v) is 7.30. The van der Waals surface area contributed by atoms with Crippen LogP contribution in [0.25, 0.3) is 11.3 Å². The van der Waals surface area contributed by atoms with Gasteiger partial charge in [0.2, 0.25) is 0 Å². The van der Waals surface area contributed by atoms with Crippen molar-refractivity contribution in [3.63, 3.8) is 0 Å². The van der Waals surface area contributed by atoms with Gasteiger partial charge in [0.25, 0.3) is 5.91 Å². The summed E-state index contributed by atoms with van der Waals surface area (Å²) >= 11 is 1.39. The number of aromatic hydroxyl groups is 2. The Labute approximate surface area is 129 Å². The molecule has 0 fully saturated rings. The van der Waals surface area contributed by atoms with Gasteiger partial charge in [-0.3, -0.25) is 4.79 Å². The van der Waals surface area contributed by atoms with Crippen molar-refractivity contribution >= 4 is 17.2 Å². The molecule has 0 unspecified atom stereocenters. The van der Waals surface area contributed by atoms with E-state index in [0.29, 0.717) is 11.3 Å². The molecule has 0 bridgehead atoms. The minimum Gasteiger partial charge on any atom is -0.504 e. The molecule has 0 saturated carbocycles. The molecule has 22 heavy (non-hydrogen) atoms. The van der Waals surface area contributed by atoms with E-state index in [9.17, 15) is 15.0 Å². The van der Waals surface area contributed by atoms with Crippen molar-refractivity contribution < 1.29 is 19.4 Å². The highest BCUT2D eigenvalue weighted by atomic mass is 32.1. The maximum atomic E-state index is 11.7. The smallest absolute Gasteiger partial charge is 0.287 e. The Balaban J connectivity index is 1.68. The Morgan fingerprint density at radius 3 is 2.86 bits per heavy atom. The first kappa shape index (κ1) is 14.2. The molecule has 0 aliphatic carbocycles. The lowest BCUT2D eigenvalue weighted by Gasteiger charge is -2.01. The molecule has 0 spiro atoms. The van der Waals surface area contributed by atoms with Gasteiger partial charge < -0.3 is 19.9 Å². The van der Waals surface area contributed by atoms with Crippen LogP contribution < -0.4 is 5.32 Å². The number of carbonyl (C=O) groups is 1. The summed E-state index contributed by atoms with van der Waals surface area (Å²) in [5.74, 6) is -0.424. The van der Waals surface area contributed by atoms with Gasteiger partial charge in [0.1, 0.15) is 5.01 Å². The average Bonchev–Trinajstić information content (AvgIpc) is 3.19. The molecular weight excluding hydrogens is 304 g/mol. The Morgan fingerprint density at radius 1 is 1.27 bits per heavy atom. The highest BCUT2D eigenvalue weighted by Crippen LogP contribution is 2.30. The summed E-state index contributed by atoms with van der Waals surface area (Å²) in [6.45, 7) is 0.286. The minimum atomic E-state index is -0.302. The Kier molecular flexibility index (Phi) is 3.80. The molecule has 0 aliphatic rings. The average molecular weight is 316 g/mol. The van der Waals surface area contributed by atoms with E-state index in [2.05, 4.69) is 10.3 Å².